The van der Waals surface area contributed by atoms with Gasteiger partial charge in [-0.3, -0.25) is 0 Å². The van der Waals surface area contributed by atoms with E-state index in [1.54, 1.807) is 35.0 Å². The lowest BCUT2D eigenvalue weighted by Gasteiger charge is -2.25. The molecule has 0 amide bonds. The zero-order chi connectivity index (χ0) is 18.1. The molecule has 3 aromatic rings. The molecule has 1 atom stereocenters. The van der Waals surface area contributed by atoms with E-state index in [1.807, 2.05) is 18.2 Å². The molecule has 0 radical (unpaired) electrons. The average molecular weight is 375 g/mol. The van der Waals surface area contributed by atoms with Crippen molar-refractivity contribution in [1.29, 1.82) is 0 Å². The number of benzene rings is 2. The van der Waals surface area contributed by atoms with Crippen LogP contribution >= 0.6 is 11.6 Å². The van der Waals surface area contributed by atoms with Gasteiger partial charge in [0, 0.05) is 16.3 Å². The second-order valence-electron chi connectivity index (χ2n) is 5.60. The molecule has 2 heterocycles. The van der Waals surface area contributed by atoms with Gasteiger partial charge in [0.05, 0.1) is 0 Å². The maximum absolute atomic E-state index is 12.8. The molecule has 132 valence electrons. The van der Waals surface area contributed by atoms with Crippen molar-refractivity contribution in [2.75, 3.05) is 5.32 Å². The molecular formula is C18H13ClF2N4O. The lowest BCUT2D eigenvalue weighted by molar-refractivity contribution is -0.0506. The van der Waals surface area contributed by atoms with E-state index in [4.69, 9.17) is 11.6 Å². The smallest absolute Gasteiger partial charge is 0.387 e. The number of anilines is 1. The Balaban J connectivity index is 1.81. The van der Waals surface area contributed by atoms with E-state index in [1.165, 1.54) is 12.4 Å². The number of hydrogen-bond donors (Lipinski definition) is 1. The van der Waals surface area contributed by atoms with Crippen LogP contribution in [0.15, 0.2) is 60.9 Å². The fraction of sp³-hybridized carbons (Fsp3) is 0.111. The number of aromatic nitrogens is 3. The van der Waals surface area contributed by atoms with Crippen LogP contribution in [0.2, 0.25) is 5.02 Å². The number of nitrogens with zero attached hydrogens (tertiary/aromatic N) is 3. The third-order valence-corrected chi connectivity index (χ3v) is 4.27. The molecule has 0 spiro atoms. The molecule has 1 N–H and O–H groups in total. The van der Waals surface area contributed by atoms with Crippen LogP contribution < -0.4 is 10.1 Å². The second-order valence-corrected chi connectivity index (χ2v) is 6.04. The van der Waals surface area contributed by atoms with Gasteiger partial charge in [-0.1, -0.05) is 41.9 Å². The zero-order valence-corrected chi connectivity index (χ0v) is 14.1. The van der Waals surface area contributed by atoms with Crippen molar-refractivity contribution < 1.29 is 13.5 Å². The number of allylic oxidation sites excluding steroid dienone is 1. The molecule has 8 heteroatoms. The summed E-state index contributed by atoms with van der Waals surface area (Å²) in [6.45, 7) is -2.91. The minimum Gasteiger partial charge on any atom is -0.434 e. The molecule has 0 saturated heterocycles. The fourth-order valence-corrected chi connectivity index (χ4v) is 3.01. The topological polar surface area (TPSA) is 52.0 Å². The highest BCUT2D eigenvalue weighted by molar-refractivity contribution is 6.30. The third kappa shape index (κ3) is 3.13. The van der Waals surface area contributed by atoms with Crippen molar-refractivity contribution >= 4 is 23.2 Å². The summed E-state index contributed by atoms with van der Waals surface area (Å²) < 4.78 is 31.9. The minimum atomic E-state index is -2.91. The maximum atomic E-state index is 12.8. The number of hydrogen-bond acceptors (Lipinski definition) is 4. The second kappa shape index (κ2) is 6.76. The van der Waals surface area contributed by atoms with E-state index >= 15 is 0 Å². The lowest BCUT2D eigenvalue weighted by Crippen LogP contribution is -2.21. The summed E-state index contributed by atoms with van der Waals surface area (Å²) >= 11 is 5.95. The Morgan fingerprint density at radius 3 is 2.65 bits per heavy atom. The van der Waals surface area contributed by atoms with Gasteiger partial charge < -0.3 is 10.1 Å². The summed E-state index contributed by atoms with van der Waals surface area (Å²) in [6, 6.07) is 13.5. The highest BCUT2D eigenvalue weighted by Gasteiger charge is 2.26. The van der Waals surface area contributed by atoms with Crippen LogP contribution in [0, 0.1) is 0 Å². The van der Waals surface area contributed by atoms with E-state index in [-0.39, 0.29) is 5.75 Å². The monoisotopic (exact) mass is 374 g/mol. The molecule has 1 aliphatic rings. The van der Waals surface area contributed by atoms with E-state index in [0.29, 0.717) is 16.5 Å². The van der Waals surface area contributed by atoms with Crippen LogP contribution in [-0.4, -0.2) is 21.4 Å². The molecule has 0 fully saturated rings. The van der Waals surface area contributed by atoms with E-state index in [0.717, 1.165) is 11.3 Å². The van der Waals surface area contributed by atoms with Gasteiger partial charge in [-0.25, -0.2) is 4.68 Å². The number of fused-ring (bicyclic) bond motifs is 1. The van der Waals surface area contributed by atoms with Gasteiger partial charge in [0.1, 0.15) is 18.1 Å². The Morgan fingerprint density at radius 1 is 1.12 bits per heavy atom. The first-order valence-corrected chi connectivity index (χ1v) is 8.17. The minimum absolute atomic E-state index is 0.0996. The normalized spacial score (nSPS) is 16.0. The van der Waals surface area contributed by atoms with Gasteiger partial charge in [0.15, 0.2) is 0 Å². The van der Waals surface area contributed by atoms with Crippen molar-refractivity contribution in [3.8, 4) is 5.75 Å². The largest absolute Gasteiger partial charge is 0.434 e. The summed E-state index contributed by atoms with van der Waals surface area (Å²) in [4.78, 5) is 4.20. The molecule has 1 aliphatic heterocycles. The Kier molecular flexibility index (Phi) is 4.30. The van der Waals surface area contributed by atoms with Crippen molar-refractivity contribution in [2.24, 2.45) is 0 Å². The van der Waals surface area contributed by atoms with Crippen molar-refractivity contribution in [3.05, 3.63) is 77.1 Å². The molecule has 0 saturated carbocycles. The van der Waals surface area contributed by atoms with E-state index in [9.17, 15) is 8.78 Å². The summed E-state index contributed by atoms with van der Waals surface area (Å²) in [7, 11) is 0. The third-order valence-electron chi connectivity index (χ3n) is 4.02. The van der Waals surface area contributed by atoms with Crippen LogP contribution in [0.1, 0.15) is 17.2 Å². The molecule has 26 heavy (non-hydrogen) atoms. The summed E-state index contributed by atoms with van der Waals surface area (Å²) in [6.07, 6.45) is 3.29. The summed E-state index contributed by atoms with van der Waals surface area (Å²) in [5.41, 5.74) is 2.23. The Morgan fingerprint density at radius 2 is 1.88 bits per heavy atom. The Hall–Kier alpha value is -2.93. The highest BCUT2D eigenvalue weighted by Crippen LogP contribution is 2.36. The first kappa shape index (κ1) is 16.5. The first-order valence-electron chi connectivity index (χ1n) is 7.80. The molecule has 2 aromatic carbocycles. The van der Waals surface area contributed by atoms with Gasteiger partial charge >= 0.3 is 6.61 Å². The quantitative estimate of drug-likeness (QED) is 0.725. The number of ether oxygens (including phenoxy) is 1. The molecule has 4 rings (SSSR count). The number of nitrogens with one attached hydrogen (secondary N) is 1. The van der Waals surface area contributed by atoms with Gasteiger partial charge in [0.25, 0.3) is 0 Å². The van der Waals surface area contributed by atoms with E-state index < -0.39 is 12.7 Å². The Bertz CT molecular complexity index is 956. The van der Waals surface area contributed by atoms with Crippen molar-refractivity contribution in [3.63, 3.8) is 0 Å². The van der Waals surface area contributed by atoms with Crippen molar-refractivity contribution in [1.82, 2.24) is 14.8 Å². The van der Waals surface area contributed by atoms with Crippen LogP contribution in [0.3, 0.4) is 0 Å². The lowest BCUT2D eigenvalue weighted by atomic mass is 10.0. The van der Waals surface area contributed by atoms with Gasteiger partial charge in [-0.2, -0.15) is 18.9 Å². The zero-order valence-electron chi connectivity index (χ0n) is 13.3. The van der Waals surface area contributed by atoms with Gasteiger partial charge in [-0.05, 0) is 29.8 Å². The molecular weight excluding hydrogens is 362 g/mol. The van der Waals surface area contributed by atoms with Crippen LogP contribution in [0.25, 0.3) is 5.70 Å². The molecule has 1 aromatic heterocycles. The van der Waals surface area contributed by atoms with Crippen LogP contribution in [0.4, 0.5) is 14.7 Å². The maximum Gasteiger partial charge on any atom is 0.387 e. The summed E-state index contributed by atoms with van der Waals surface area (Å²) in [5, 5.41) is 8.03. The predicted octanol–water partition coefficient (Wildman–Crippen LogP) is 4.59. The van der Waals surface area contributed by atoms with Crippen LogP contribution in [0.5, 0.6) is 5.75 Å². The standard InChI is InChI=1S/C18H13ClF2N4O/c19-12-7-5-11(6-8-12)14-9-15(25-18(24-14)22-10-23-25)13-3-1-2-4-16(13)26-17(20)21/h1-10,15,17H,(H,22,23,24). The SMILES string of the molecule is FC(F)Oc1ccccc1C1C=C(c2ccc(Cl)cc2)Nc2ncnn21. The highest BCUT2D eigenvalue weighted by atomic mass is 35.5. The number of alkyl halides is 2. The fourth-order valence-electron chi connectivity index (χ4n) is 2.88. The van der Waals surface area contributed by atoms with Crippen LogP contribution in [-0.2, 0) is 0 Å². The van der Waals surface area contributed by atoms with E-state index in [2.05, 4.69) is 20.1 Å². The van der Waals surface area contributed by atoms with Gasteiger partial charge in [0.2, 0.25) is 5.95 Å². The number of halogens is 3. The average Bonchev–Trinajstić information content (AvgIpc) is 3.10. The Labute approximate surface area is 152 Å². The first-order chi connectivity index (χ1) is 12.6. The van der Waals surface area contributed by atoms with Crippen molar-refractivity contribution in [2.45, 2.75) is 12.7 Å². The summed E-state index contributed by atoms with van der Waals surface area (Å²) in [5.74, 6) is 0.608. The molecule has 5 nitrogen and oxygen atoms in total. The molecule has 1 unspecified atom stereocenters. The number of para-hydroxylation sites is 1. The number of rotatable bonds is 4. The molecule has 0 aliphatic carbocycles. The predicted molar refractivity (Wildman–Crippen MR) is 94.3 cm³/mol. The molecule has 0 bridgehead atoms. The van der Waals surface area contributed by atoms with Gasteiger partial charge in [-0.15, -0.1) is 0 Å².